The number of benzene rings is 8. The first-order valence-electron chi connectivity index (χ1n) is 19.9. The lowest BCUT2D eigenvalue weighted by Crippen LogP contribution is -2.28. The molecule has 0 atom stereocenters. The third-order valence-corrected chi connectivity index (χ3v) is 14.8. The van der Waals surface area contributed by atoms with Gasteiger partial charge >= 0.3 is 0 Å². The summed E-state index contributed by atoms with van der Waals surface area (Å²) in [7, 11) is 0. The molecule has 0 saturated carbocycles. The molecular weight excluding hydrogens is 649 g/mol. The Bertz CT molecular complexity index is 2860. The van der Waals surface area contributed by atoms with Gasteiger partial charge in [-0.05, 0) is 146 Å². The second-order valence-corrected chi connectivity index (χ2v) is 18.9. The topological polar surface area (TPSA) is 0 Å². The molecule has 0 N–H and O–H groups in total. The Balaban J connectivity index is 1.20. The zero-order chi connectivity index (χ0) is 36.8. The summed E-state index contributed by atoms with van der Waals surface area (Å²) >= 11 is 0. The van der Waals surface area contributed by atoms with Gasteiger partial charge in [-0.2, -0.15) is 0 Å². The molecule has 12 rings (SSSR count). The van der Waals surface area contributed by atoms with Gasteiger partial charge in [0, 0.05) is 21.7 Å². The molecule has 4 aliphatic carbocycles. The third-order valence-electron chi connectivity index (χ3n) is 14.8. The van der Waals surface area contributed by atoms with Crippen molar-refractivity contribution in [2.24, 2.45) is 0 Å². The van der Waals surface area contributed by atoms with Crippen molar-refractivity contribution in [2.45, 2.75) is 77.0 Å². The Morgan fingerprint density at radius 3 is 1.00 bits per heavy atom. The first kappa shape index (κ1) is 30.9. The van der Waals surface area contributed by atoms with E-state index >= 15 is 0 Å². The van der Waals surface area contributed by atoms with Crippen molar-refractivity contribution in [2.75, 3.05) is 0 Å². The van der Waals surface area contributed by atoms with Crippen LogP contribution in [0.4, 0.5) is 0 Å². The van der Waals surface area contributed by atoms with Crippen molar-refractivity contribution in [1.29, 1.82) is 0 Å². The molecule has 0 spiro atoms. The molecule has 0 aromatic heterocycles. The van der Waals surface area contributed by atoms with Gasteiger partial charge in [0.05, 0.1) is 0 Å². The fraction of sp³-hybridized carbons (Fsp3) is 0.222. The van der Waals surface area contributed by atoms with Crippen LogP contribution in [0.3, 0.4) is 0 Å². The van der Waals surface area contributed by atoms with Gasteiger partial charge in [0.25, 0.3) is 0 Å². The van der Waals surface area contributed by atoms with Crippen molar-refractivity contribution in [3.05, 3.63) is 166 Å². The van der Waals surface area contributed by atoms with Crippen LogP contribution in [0, 0.1) is 0 Å². The minimum atomic E-state index is -0.188. The average molecular weight is 693 g/mol. The number of rotatable bonds is 2. The van der Waals surface area contributed by atoms with Crippen LogP contribution in [0.1, 0.15) is 99.9 Å². The number of hydrogen-bond acceptors (Lipinski definition) is 0. The summed E-state index contributed by atoms with van der Waals surface area (Å²) < 4.78 is 0. The Morgan fingerprint density at radius 2 is 0.611 bits per heavy atom. The normalized spacial score (nSPS) is 17.9. The molecule has 0 amide bonds. The molecule has 8 aromatic carbocycles. The van der Waals surface area contributed by atoms with Crippen molar-refractivity contribution >= 4 is 32.3 Å². The van der Waals surface area contributed by atoms with Crippen molar-refractivity contribution in [1.82, 2.24) is 0 Å². The minimum absolute atomic E-state index is 0.146. The molecule has 260 valence electrons. The minimum Gasteiger partial charge on any atom is -0.0616 e. The summed E-state index contributed by atoms with van der Waals surface area (Å²) in [6, 6.07) is 46.9. The van der Waals surface area contributed by atoms with E-state index < -0.39 is 0 Å². The summed E-state index contributed by atoms with van der Waals surface area (Å²) in [5.74, 6) is 0. The molecule has 0 radical (unpaired) electrons. The molecule has 8 aromatic rings. The van der Waals surface area contributed by atoms with Crippen molar-refractivity contribution in [3.63, 3.8) is 0 Å². The van der Waals surface area contributed by atoms with E-state index in [0.717, 1.165) is 0 Å². The van der Waals surface area contributed by atoms with E-state index in [9.17, 15) is 0 Å². The number of fused-ring (bicyclic) bond motifs is 2. The zero-order valence-electron chi connectivity index (χ0n) is 32.5. The highest BCUT2D eigenvalue weighted by Gasteiger charge is 2.52. The monoisotopic (exact) mass is 692 g/mol. The summed E-state index contributed by atoms with van der Waals surface area (Å²) in [4.78, 5) is 0. The lowest BCUT2D eigenvalue weighted by molar-refractivity contribution is 0.625. The standard InChI is InChI=1S/C54H44/c1-51(2)37-23-31(35-21-13-17-29-15-9-11-19-33(29)35)25-39-45(37)47-41(51)27-43-50-48-42(28-44(49(47)50)53(39,5)6)52(3,4)38-24-32(26-40(46(38)48)54(43,7)8)36-22-14-18-30-16-10-12-20-34(30)36/h9-28H,1-8H3. The summed E-state index contributed by atoms with van der Waals surface area (Å²) in [5, 5.41) is 8.27. The second-order valence-electron chi connectivity index (χ2n) is 18.9. The smallest absolute Gasteiger partial charge is 0.0159 e. The van der Waals surface area contributed by atoms with Crippen molar-refractivity contribution < 1.29 is 0 Å². The maximum absolute atomic E-state index is 2.67. The highest BCUT2D eigenvalue weighted by molar-refractivity contribution is 6.18. The molecule has 0 nitrogen and oxygen atoms in total. The van der Waals surface area contributed by atoms with Gasteiger partial charge in [0.1, 0.15) is 0 Å². The van der Waals surface area contributed by atoms with Crippen molar-refractivity contribution in [3.8, 4) is 44.5 Å². The number of hydrogen-bond donors (Lipinski definition) is 0. The van der Waals surface area contributed by atoms with Gasteiger partial charge in [-0.25, -0.2) is 0 Å². The summed E-state index contributed by atoms with van der Waals surface area (Å²) in [6.45, 7) is 20.0. The zero-order valence-corrected chi connectivity index (χ0v) is 32.5. The van der Waals surface area contributed by atoms with E-state index in [1.807, 2.05) is 0 Å². The fourth-order valence-corrected chi connectivity index (χ4v) is 11.8. The van der Waals surface area contributed by atoms with E-state index in [1.54, 1.807) is 0 Å². The van der Waals surface area contributed by atoms with Crippen LogP contribution in [-0.2, 0) is 21.7 Å². The van der Waals surface area contributed by atoms with Crippen LogP contribution < -0.4 is 0 Å². The highest BCUT2D eigenvalue weighted by atomic mass is 14.5. The molecule has 4 aliphatic rings. The first-order chi connectivity index (χ1) is 25.8. The van der Waals surface area contributed by atoms with Crippen LogP contribution in [-0.4, -0.2) is 0 Å². The predicted molar refractivity (Wildman–Crippen MR) is 229 cm³/mol. The van der Waals surface area contributed by atoms with Gasteiger partial charge in [-0.1, -0.05) is 152 Å². The molecular formula is C54H44. The molecule has 0 heterocycles. The van der Waals surface area contributed by atoms with E-state index in [-0.39, 0.29) is 21.7 Å². The second kappa shape index (κ2) is 9.42. The van der Waals surface area contributed by atoms with Gasteiger partial charge in [-0.3, -0.25) is 0 Å². The van der Waals surface area contributed by atoms with E-state index in [1.165, 1.54) is 121 Å². The van der Waals surface area contributed by atoms with Crippen LogP contribution >= 0.6 is 0 Å². The van der Waals surface area contributed by atoms with Gasteiger partial charge in [0.15, 0.2) is 0 Å². The van der Waals surface area contributed by atoms with Crippen LogP contribution in [0.15, 0.2) is 121 Å². The molecule has 0 unspecified atom stereocenters. The Labute approximate surface area is 318 Å². The van der Waals surface area contributed by atoms with Crippen LogP contribution in [0.25, 0.3) is 76.8 Å². The maximum Gasteiger partial charge on any atom is 0.0159 e. The van der Waals surface area contributed by atoms with Crippen LogP contribution in [0.2, 0.25) is 0 Å². The van der Waals surface area contributed by atoms with Crippen LogP contribution in [0.5, 0.6) is 0 Å². The lowest BCUT2D eigenvalue weighted by atomic mass is 9.62. The molecule has 0 fully saturated rings. The molecule has 0 bridgehead atoms. The van der Waals surface area contributed by atoms with E-state index in [0.29, 0.717) is 0 Å². The Morgan fingerprint density at radius 1 is 0.296 bits per heavy atom. The van der Waals surface area contributed by atoms with Gasteiger partial charge in [-0.15, -0.1) is 0 Å². The largest absolute Gasteiger partial charge is 0.0616 e. The molecule has 0 aliphatic heterocycles. The SMILES string of the molecule is CC1(C)c2cc(-c3cccc4ccccc34)cc3c2-c2c1cc1c4c5c(cc(c24)C3(C)C)C(C)(C)c2cc(-c3cccc4ccccc34)cc(c2-5)C1(C)C. The van der Waals surface area contributed by atoms with E-state index in [4.69, 9.17) is 0 Å². The maximum atomic E-state index is 2.67. The summed E-state index contributed by atoms with van der Waals surface area (Å²) in [5.41, 5.74) is 22.5. The predicted octanol–water partition coefficient (Wildman–Crippen LogP) is 14.4. The third kappa shape index (κ3) is 3.40. The Hall–Kier alpha value is -5.46. The van der Waals surface area contributed by atoms with E-state index in [2.05, 4.69) is 177 Å². The summed E-state index contributed by atoms with van der Waals surface area (Å²) in [6.07, 6.45) is 0. The molecule has 0 saturated heterocycles. The first-order valence-corrected chi connectivity index (χ1v) is 19.9. The molecule has 0 heteroatoms. The van der Waals surface area contributed by atoms with Gasteiger partial charge < -0.3 is 0 Å². The molecule has 54 heavy (non-hydrogen) atoms. The van der Waals surface area contributed by atoms with Gasteiger partial charge in [0.2, 0.25) is 0 Å². The fourth-order valence-electron chi connectivity index (χ4n) is 11.8. The highest BCUT2D eigenvalue weighted by Crippen LogP contribution is 2.67. The lowest BCUT2D eigenvalue weighted by Gasteiger charge is -2.41. The Kier molecular flexibility index (Phi) is 5.40. The average Bonchev–Trinajstić information content (AvgIpc) is 3.54. The quantitative estimate of drug-likeness (QED) is 0.169.